The van der Waals surface area contributed by atoms with Crippen LogP contribution in [0.1, 0.15) is 25.8 Å². The van der Waals surface area contributed by atoms with Gasteiger partial charge in [-0.15, -0.1) is 0 Å². The summed E-state index contributed by atoms with van der Waals surface area (Å²) in [6, 6.07) is 10.1. The molecule has 0 bridgehead atoms. The average Bonchev–Trinajstić information content (AvgIpc) is 2.79. The van der Waals surface area contributed by atoms with Gasteiger partial charge >= 0.3 is 0 Å². The monoisotopic (exact) mass is 317 g/mol. The topological polar surface area (TPSA) is 43.9 Å². The standard InChI is InChI=1S/C18H27N3O2/c1-3-20(14-17-8-5-4-6-9-17)18(23)15-19-10-7-11-21(13-12-19)16(2)22/h4-6,8-9H,3,7,10-15H2,1-2H3. The van der Waals surface area contributed by atoms with Gasteiger partial charge in [0, 0.05) is 46.2 Å². The highest BCUT2D eigenvalue weighted by atomic mass is 16.2. The smallest absolute Gasteiger partial charge is 0.237 e. The third-order valence-electron chi connectivity index (χ3n) is 4.34. The first kappa shape index (κ1) is 17.5. The fraction of sp³-hybridized carbons (Fsp3) is 0.556. The Morgan fingerprint density at radius 3 is 2.48 bits per heavy atom. The van der Waals surface area contributed by atoms with Crippen molar-refractivity contribution in [3.05, 3.63) is 35.9 Å². The van der Waals surface area contributed by atoms with E-state index in [2.05, 4.69) is 4.90 Å². The van der Waals surface area contributed by atoms with Crippen LogP contribution in [0.2, 0.25) is 0 Å². The number of nitrogens with zero attached hydrogens (tertiary/aromatic N) is 3. The number of likely N-dealkylation sites (N-methyl/N-ethyl adjacent to an activating group) is 1. The second-order valence-corrected chi connectivity index (χ2v) is 6.03. The third kappa shape index (κ3) is 5.36. The van der Waals surface area contributed by atoms with Gasteiger partial charge in [-0.25, -0.2) is 0 Å². The van der Waals surface area contributed by atoms with E-state index < -0.39 is 0 Å². The highest BCUT2D eigenvalue weighted by Crippen LogP contribution is 2.07. The van der Waals surface area contributed by atoms with Gasteiger partial charge in [-0.1, -0.05) is 30.3 Å². The van der Waals surface area contributed by atoms with Gasteiger partial charge in [0.05, 0.1) is 6.54 Å². The number of hydrogen-bond donors (Lipinski definition) is 0. The zero-order chi connectivity index (χ0) is 16.7. The molecule has 126 valence electrons. The molecule has 1 aliphatic rings. The van der Waals surface area contributed by atoms with E-state index in [4.69, 9.17) is 0 Å². The molecule has 0 unspecified atom stereocenters. The second kappa shape index (κ2) is 8.67. The van der Waals surface area contributed by atoms with E-state index in [0.29, 0.717) is 26.2 Å². The molecule has 2 rings (SSSR count). The van der Waals surface area contributed by atoms with Crippen molar-refractivity contribution in [2.45, 2.75) is 26.8 Å². The predicted octanol–water partition coefficient (Wildman–Crippen LogP) is 1.59. The molecule has 2 amide bonds. The summed E-state index contributed by atoms with van der Waals surface area (Å²) in [6.45, 7) is 8.58. The zero-order valence-electron chi connectivity index (χ0n) is 14.2. The van der Waals surface area contributed by atoms with Crippen LogP contribution < -0.4 is 0 Å². The summed E-state index contributed by atoms with van der Waals surface area (Å²) in [5.74, 6) is 0.282. The van der Waals surface area contributed by atoms with Crippen LogP contribution in [0.25, 0.3) is 0 Å². The van der Waals surface area contributed by atoms with Crippen LogP contribution in [0.3, 0.4) is 0 Å². The van der Waals surface area contributed by atoms with Gasteiger partial charge in [-0.05, 0) is 18.9 Å². The lowest BCUT2D eigenvalue weighted by molar-refractivity contribution is -0.132. The summed E-state index contributed by atoms with van der Waals surface area (Å²) < 4.78 is 0. The minimum atomic E-state index is 0.123. The van der Waals surface area contributed by atoms with Crippen molar-refractivity contribution in [3.8, 4) is 0 Å². The van der Waals surface area contributed by atoms with Crippen molar-refractivity contribution in [1.82, 2.24) is 14.7 Å². The largest absolute Gasteiger partial charge is 0.342 e. The SMILES string of the molecule is CCN(Cc1ccccc1)C(=O)CN1CCCN(C(C)=O)CC1. The Balaban J connectivity index is 1.88. The van der Waals surface area contributed by atoms with E-state index in [1.54, 1.807) is 6.92 Å². The Hall–Kier alpha value is -1.88. The summed E-state index contributed by atoms with van der Waals surface area (Å²) >= 11 is 0. The van der Waals surface area contributed by atoms with Crippen molar-refractivity contribution < 1.29 is 9.59 Å². The lowest BCUT2D eigenvalue weighted by Crippen LogP contribution is -2.41. The number of amides is 2. The van der Waals surface area contributed by atoms with Crippen LogP contribution >= 0.6 is 0 Å². The van der Waals surface area contributed by atoms with E-state index in [-0.39, 0.29) is 11.8 Å². The van der Waals surface area contributed by atoms with E-state index in [0.717, 1.165) is 31.6 Å². The molecule has 1 aliphatic heterocycles. The molecule has 0 saturated carbocycles. The van der Waals surface area contributed by atoms with Crippen LogP contribution in [-0.4, -0.2) is 65.8 Å². The molecule has 5 heteroatoms. The highest BCUT2D eigenvalue weighted by molar-refractivity contribution is 5.78. The van der Waals surface area contributed by atoms with Crippen LogP contribution in [0.5, 0.6) is 0 Å². The maximum atomic E-state index is 12.6. The number of carbonyl (C=O) groups excluding carboxylic acids is 2. The molecule has 0 N–H and O–H groups in total. The lowest BCUT2D eigenvalue weighted by Gasteiger charge is -2.26. The summed E-state index contributed by atoms with van der Waals surface area (Å²) in [4.78, 5) is 30.0. The molecule has 1 aromatic carbocycles. The fourth-order valence-corrected chi connectivity index (χ4v) is 2.92. The molecule has 1 heterocycles. The summed E-state index contributed by atoms with van der Waals surface area (Å²) in [5, 5.41) is 0. The quantitative estimate of drug-likeness (QED) is 0.828. The minimum absolute atomic E-state index is 0.123. The Labute approximate surface area is 138 Å². The van der Waals surface area contributed by atoms with Crippen molar-refractivity contribution in [1.29, 1.82) is 0 Å². The normalized spacial score (nSPS) is 16.0. The Morgan fingerprint density at radius 1 is 1.09 bits per heavy atom. The van der Waals surface area contributed by atoms with E-state index in [9.17, 15) is 9.59 Å². The van der Waals surface area contributed by atoms with Gasteiger partial charge in [-0.3, -0.25) is 14.5 Å². The number of benzene rings is 1. The van der Waals surface area contributed by atoms with Crippen LogP contribution in [0.15, 0.2) is 30.3 Å². The molecule has 0 radical (unpaired) electrons. The first-order valence-corrected chi connectivity index (χ1v) is 8.39. The fourth-order valence-electron chi connectivity index (χ4n) is 2.92. The number of rotatable bonds is 5. The molecule has 0 atom stereocenters. The molecule has 5 nitrogen and oxygen atoms in total. The highest BCUT2D eigenvalue weighted by Gasteiger charge is 2.20. The van der Waals surface area contributed by atoms with Gasteiger partial charge in [-0.2, -0.15) is 0 Å². The van der Waals surface area contributed by atoms with Gasteiger partial charge in [0.2, 0.25) is 11.8 Å². The van der Waals surface area contributed by atoms with Gasteiger partial charge in [0.25, 0.3) is 0 Å². The first-order valence-electron chi connectivity index (χ1n) is 8.39. The van der Waals surface area contributed by atoms with Crippen molar-refractivity contribution >= 4 is 11.8 Å². The first-order chi connectivity index (χ1) is 11.1. The minimum Gasteiger partial charge on any atom is -0.342 e. The molecule has 23 heavy (non-hydrogen) atoms. The van der Waals surface area contributed by atoms with E-state index >= 15 is 0 Å². The number of hydrogen-bond acceptors (Lipinski definition) is 3. The Morgan fingerprint density at radius 2 is 1.83 bits per heavy atom. The maximum absolute atomic E-state index is 12.6. The second-order valence-electron chi connectivity index (χ2n) is 6.03. The van der Waals surface area contributed by atoms with Crippen molar-refractivity contribution in [2.24, 2.45) is 0 Å². The third-order valence-corrected chi connectivity index (χ3v) is 4.34. The van der Waals surface area contributed by atoms with Gasteiger partial charge in [0.15, 0.2) is 0 Å². The van der Waals surface area contributed by atoms with Crippen molar-refractivity contribution in [3.63, 3.8) is 0 Å². The van der Waals surface area contributed by atoms with Crippen molar-refractivity contribution in [2.75, 3.05) is 39.3 Å². The van der Waals surface area contributed by atoms with Gasteiger partial charge < -0.3 is 9.80 Å². The molecule has 1 aromatic rings. The van der Waals surface area contributed by atoms with E-state index in [1.165, 1.54) is 0 Å². The molecule has 0 aromatic heterocycles. The zero-order valence-corrected chi connectivity index (χ0v) is 14.2. The summed E-state index contributed by atoms with van der Waals surface area (Å²) in [7, 11) is 0. The molecule has 0 aliphatic carbocycles. The Kier molecular flexibility index (Phi) is 6.59. The molecule has 1 fully saturated rings. The van der Waals surface area contributed by atoms with Crippen LogP contribution in [0.4, 0.5) is 0 Å². The predicted molar refractivity (Wildman–Crippen MR) is 90.8 cm³/mol. The summed E-state index contributed by atoms with van der Waals surface area (Å²) in [6.07, 6.45) is 0.928. The maximum Gasteiger partial charge on any atom is 0.237 e. The molecule has 1 saturated heterocycles. The lowest BCUT2D eigenvalue weighted by atomic mass is 10.2. The van der Waals surface area contributed by atoms with E-state index in [1.807, 2.05) is 47.1 Å². The molecular formula is C18H27N3O2. The average molecular weight is 317 g/mol. The Bertz CT molecular complexity index is 518. The molecular weight excluding hydrogens is 290 g/mol. The number of carbonyl (C=O) groups is 2. The molecule has 0 spiro atoms. The summed E-state index contributed by atoms with van der Waals surface area (Å²) in [5.41, 5.74) is 1.15. The van der Waals surface area contributed by atoms with Crippen LogP contribution in [-0.2, 0) is 16.1 Å². The van der Waals surface area contributed by atoms with Crippen LogP contribution in [0, 0.1) is 0 Å². The van der Waals surface area contributed by atoms with Gasteiger partial charge in [0.1, 0.15) is 0 Å².